The SMILES string of the molecule is N#Cc1cc(-n2c(-c3nonc3N(C(=O)C(F)(F)F)c3ccncc3)noc2=O)ccc1F. The van der Waals surface area contributed by atoms with Crippen molar-refractivity contribution in [2.45, 2.75) is 6.18 Å². The summed E-state index contributed by atoms with van der Waals surface area (Å²) in [5.41, 5.74) is -1.44. The minimum absolute atomic E-state index is 0.124. The van der Waals surface area contributed by atoms with E-state index in [1.54, 1.807) is 6.07 Å². The van der Waals surface area contributed by atoms with E-state index in [0.717, 1.165) is 42.7 Å². The zero-order valence-electron chi connectivity index (χ0n) is 15.8. The minimum Gasteiger partial charge on any atom is -0.295 e. The smallest absolute Gasteiger partial charge is 0.295 e. The number of carbonyl (C=O) groups excluding carboxylic acids is 1. The summed E-state index contributed by atoms with van der Waals surface area (Å²) in [6, 6.07) is 6.72. The van der Waals surface area contributed by atoms with Crippen molar-refractivity contribution >= 4 is 17.4 Å². The highest BCUT2D eigenvalue weighted by atomic mass is 19.4. The van der Waals surface area contributed by atoms with Crippen LogP contribution in [0.3, 0.4) is 0 Å². The summed E-state index contributed by atoms with van der Waals surface area (Å²) in [5, 5.41) is 19.4. The third kappa shape index (κ3) is 3.80. The Bertz CT molecular complexity index is 1440. The molecule has 0 aliphatic heterocycles. The molecule has 33 heavy (non-hydrogen) atoms. The molecule has 0 saturated carbocycles. The van der Waals surface area contributed by atoms with E-state index in [1.165, 1.54) is 0 Å². The van der Waals surface area contributed by atoms with E-state index in [0.29, 0.717) is 4.57 Å². The van der Waals surface area contributed by atoms with Gasteiger partial charge in [-0.2, -0.15) is 18.4 Å². The van der Waals surface area contributed by atoms with Crippen molar-refractivity contribution in [3.63, 3.8) is 0 Å². The second kappa shape index (κ2) is 8.00. The van der Waals surface area contributed by atoms with E-state index < -0.39 is 46.6 Å². The molecule has 3 aromatic heterocycles. The van der Waals surface area contributed by atoms with Gasteiger partial charge in [-0.15, -0.1) is 0 Å². The molecule has 0 saturated heterocycles. The van der Waals surface area contributed by atoms with Gasteiger partial charge < -0.3 is 0 Å². The van der Waals surface area contributed by atoms with Crippen molar-refractivity contribution in [1.82, 2.24) is 25.0 Å². The fourth-order valence-corrected chi connectivity index (χ4v) is 2.79. The number of aromatic nitrogens is 5. The van der Waals surface area contributed by atoms with Crippen molar-refractivity contribution in [3.8, 4) is 23.3 Å². The zero-order chi connectivity index (χ0) is 23.8. The van der Waals surface area contributed by atoms with Gasteiger partial charge in [-0.1, -0.05) is 5.16 Å². The zero-order valence-corrected chi connectivity index (χ0v) is 15.8. The van der Waals surface area contributed by atoms with Crippen LogP contribution in [0.5, 0.6) is 0 Å². The summed E-state index contributed by atoms with van der Waals surface area (Å²) in [6.45, 7) is 0. The Hall–Kier alpha value is -4.87. The van der Waals surface area contributed by atoms with Crippen molar-refractivity contribution in [2.75, 3.05) is 4.90 Å². The monoisotopic (exact) mass is 461 g/mol. The number of benzene rings is 1. The number of pyridine rings is 1. The van der Waals surface area contributed by atoms with Gasteiger partial charge in [-0.3, -0.25) is 19.2 Å². The van der Waals surface area contributed by atoms with E-state index >= 15 is 0 Å². The molecule has 15 heteroatoms. The molecule has 0 atom stereocenters. The normalized spacial score (nSPS) is 11.2. The number of halogens is 4. The van der Waals surface area contributed by atoms with Gasteiger partial charge in [0, 0.05) is 12.4 Å². The number of nitrogens with zero attached hydrogens (tertiary/aromatic N) is 7. The Morgan fingerprint density at radius 2 is 1.85 bits per heavy atom. The first kappa shape index (κ1) is 21.4. The van der Waals surface area contributed by atoms with Gasteiger partial charge in [-0.05, 0) is 40.6 Å². The van der Waals surface area contributed by atoms with E-state index in [1.807, 2.05) is 0 Å². The lowest BCUT2D eigenvalue weighted by molar-refractivity contribution is -0.169. The van der Waals surface area contributed by atoms with Gasteiger partial charge >= 0.3 is 17.8 Å². The van der Waals surface area contributed by atoms with E-state index in [9.17, 15) is 27.2 Å². The standard InChI is InChI=1S/C18H7F4N7O4/c19-12-2-1-11(7-9(12)8-23)29-14(26-32-17(29)31)13-15(27-33-25-13)28(16(30)18(20,21)22)10-3-5-24-6-4-10/h1-7H. The number of alkyl halides is 3. The van der Waals surface area contributed by atoms with Gasteiger partial charge in [-0.25, -0.2) is 18.4 Å². The van der Waals surface area contributed by atoms with Crippen LogP contribution in [0.1, 0.15) is 5.56 Å². The van der Waals surface area contributed by atoms with Crippen LogP contribution in [0, 0.1) is 17.1 Å². The summed E-state index contributed by atoms with van der Waals surface area (Å²) in [5.74, 6) is -5.67. The van der Waals surface area contributed by atoms with Gasteiger partial charge in [0.05, 0.1) is 16.9 Å². The molecule has 11 nitrogen and oxygen atoms in total. The van der Waals surface area contributed by atoms with Crippen LogP contribution in [0.4, 0.5) is 29.1 Å². The summed E-state index contributed by atoms with van der Waals surface area (Å²) in [7, 11) is 0. The Labute approximate surface area is 179 Å². The maximum atomic E-state index is 13.7. The molecule has 1 amide bonds. The molecule has 0 bridgehead atoms. The molecule has 166 valence electrons. The molecule has 3 heterocycles. The van der Waals surface area contributed by atoms with Crippen molar-refractivity contribution in [3.05, 3.63) is 64.7 Å². The first-order valence-electron chi connectivity index (χ1n) is 8.65. The quantitative estimate of drug-likeness (QED) is 0.419. The average molecular weight is 461 g/mol. The summed E-state index contributed by atoms with van der Waals surface area (Å²) >= 11 is 0. The third-order valence-electron chi connectivity index (χ3n) is 4.19. The van der Waals surface area contributed by atoms with Gasteiger partial charge in [0.1, 0.15) is 11.9 Å². The van der Waals surface area contributed by atoms with E-state index in [4.69, 9.17) is 5.26 Å². The molecule has 0 fully saturated rings. The maximum Gasteiger partial charge on any atom is 0.472 e. The van der Waals surface area contributed by atoms with Crippen molar-refractivity contribution < 1.29 is 31.5 Å². The highest BCUT2D eigenvalue weighted by Crippen LogP contribution is 2.35. The molecule has 4 rings (SSSR count). The second-order valence-corrected chi connectivity index (χ2v) is 6.16. The maximum absolute atomic E-state index is 13.7. The lowest BCUT2D eigenvalue weighted by atomic mass is 10.2. The molecule has 0 N–H and O–H groups in total. The molecule has 0 spiro atoms. The van der Waals surface area contributed by atoms with Crippen LogP contribution in [0.15, 0.2) is 56.7 Å². The Morgan fingerprint density at radius 1 is 1.12 bits per heavy atom. The average Bonchev–Trinajstić information content (AvgIpc) is 3.41. The Kier molecular flexibility index (Phi) is 5.18. The first-order valence-corrected chi connectivity index (χ1v) is 8.65. The predicted octanol–water partition coefficient (Wildman–Crippen LogP) is 2.51. The Morgan fingerprint density at radius 3 is 2.52 bits per heavy atom. The third-order valence-corrected chi connectivity index (χ3v) is 4.19. The number of carbonyl (C=O) groups is 1. The largest absolute Gasteiger partial charge is 0.472 e. The number of nitriles is 1. The molecular weight excluding hydrogens is 454 g/mol. The van der Waals surface area contributed by atoms with Crippen LogP contribution in [-0.4, -0.2) is 37.1 Å². The van der Waals surface area contributed by atoms with E-state index in [-0.39, 0.29) is 16.3 Å². The molecule has 0 aliphatic rings. The summed E-state index contributed by atoms with van der Waals surface area (Å²) < 4.78 is 63.5. The van der Waals surface area contributed by atoms with Gasteiger partial charge in [0.2, 0.25) is 11.6 Å². The molecular formula is C18H7F4N7O4. The lowest BCUT2D eigenvalue weighted by Gasteiger charge is -2.21. The topological polar surface area (TPSA) is 144 Å². The van der Waals surface area contributed by atoms with Crippen LogP contribution >= 0.6 is 0 Å². The molecule has 4 aromatic rings. The highest BCUT2D eigenvalue weighted by molar-refractivity contribution is 6.04. The van der Waals surface area contributed by atoms with E-state index in [2.05, 4.69) is 29.6 Å². The number of amides is 1. The van der Waals surface area contributed by atoms with Crippen LogP contribution < -0.4 is 10.7 Å². The number of hydrogen-bond donors (Lipinski definition) is 0. The molecule has 0 aliphatic carbocycles. The van der Waals surface area contributed by atoms with Crippen LogP contribution in [-0.2, 0) is 4.79 Å². The second-order valence-electron chi connectivity index (χ2n) is 6.16. The summed E-state index contributed by atoms with van der Waals surface area (Å²) in [4.78, 5) is 28.3. The predicted molar refractivity (Wildman–Crippen MR) is 97.5 cm³/mol. The fraction of sp³-hybridized carbons (Fsp3) is 0.0556. The lowest BCUT2D eigenvalue weighted by Crippen LogP contribution is -2.38. The van der Waals surface area contributed by atoms with Crippen molar-refractivity contribution in [1.29, 1.82) is 5.26 Å². The van der Waals surface area contributed by atoms with Gasteiger partial charge in [0.25, 0.3) is 0 Å². The van der Waals surface area contributed by atoms with Crippen LogP contribution in [0.25, 0.3) is 17.2 Å². The Balaban J connectivity index is 1.92. The number of anilines is 2. The molecule has 0 radical (unpaired) electrons. The number of hydrogen-bond acceptors (Lipinski definition) is 9. The first-order chi connectivity index (χ1) is 15.7. The fourth-order valence-electron chi connectivity index (χ4n) is 2.79. The highest BCUT2D eigenvalue weighted by Gasteiger charge is 2.46. The summed E-state index contributed by atoms with van der Waals surface area (Å²) in [6.07, 6.45) is -3.07. The van der Waals surface area contributed by atoms with Crippen molar-refractivity contribution in [2.24, 2.45) is 0 Å². The number of rotatable bonds is 4. The van der Waals surface area contributed by atoms with Gasteiger partial charge in [0.15, 0.2) is 5.69 Å². The molecule has 1 aromatic carbocycles. The minimum atomic E-state index is -5.33. The van der Waals surface area contributed by atoms with Crippen LogP contribution in [0.2, 0.25) is 0 Å². The molecule has 0 unspecified atom stereocenters.